The third-order valence-electron chi connectivity index (χ3n) is 4.08. The summed E-state index contributed by atoms with van der Waals surface area (Å²) < 4.78 is 19.1. The molecule has 2 aromatic carbocycles. The van der Waals surface area contributed by atoms with Crippen LogP contribution in [0.2, 0.25) is 0 Å². The van der Waals surface area contributed by atoms with Crippen molar-refractivity contribution in [2.24, 2.45) is 5.73 Å². The second-order valence-electron chi connectivity index (χ2n) is 6.56. The van der Waals surface area contributed by atoms with Crippen molar-refractivity contribution in [3.05, 3.63) is 76.7 Å². The highest BCUT2D eigenvalue weighted by Gasteiger charge is 2.14. The molecule has 6 nitrogen and oxygen atoms in total. The molecule has 0 saturated carbocycles. The lowest BCUT2D eigenvalue weighted by Crippen LogP contribution is -2.26. The Morgan fingerprint density at radius 3 is 2.38 bits per heavy atom. The van der Waals surface area contributed by atoms with Crippen molar-refractivity contribution in [3.63, 3.8) is 0 Å². The Hall–Kier alpha value is -3.48. The highest BCUT2D eigenvalue weighted by Crippen LogP contribution is 2.21. The van der Waals surface area contributed by atoms with Crippen molar-refractivity contribution in [1.82, 2.24) is 5.32 Å². The monoisotopic (exact) mass is 397 g/mol. The van der Waals surface area contributed by atoms with E-state index in [-0.39, 0.29) is 30.8 Å². The molecule has 0 bridgehead atoms. The maximum atomic E-state index is 14.0. The zero-order valence-corrected chi connectivity index (χ0v) is 16.4. The first kappa shape index (κ1) is 21.8. The summed E-state index contributed by atoms with van der Waals surface area (Å²) >= 11 is 0. The molecule has 152 valence electrons. The molecule has 0 radical (unpaired) electrons. The van der Waals surface area contributed by atoms with Gasteiger partial charge in [0.2, 0.25) is 0 Å². The zero-order chi connectivity index (χ0) is 21.4. The first-order valence-electron chi connectivity index (χ1n) is 9.08. The second kappa shape index (κ2) is 10.2. The number of carbonyl (C=O) groups excluding carboxylic acids is 2. The third kappa shape index (κ3) is 6.57. The maximum absolute atomic E-state index is 14.0. The number of carbonyl (C=O) groups is 2. The lowest BCUT2D eigenvalue weighted by atomic mass is 9.98. The predicted octanol–water partition coefficient (Wildman–Crippen LogP) is 3.42. The number of benzene rings is 2. The van der Waals surface area contributed by atoms with Crippen LogP contribution < -0.4 is 11.1 Å². The van der Waals surface area contributed by atoms with E-state index in [9.17, 15) is 14.0 Å². The van der Waals surface area contributed by atoms with Crippen LogP contribution >= 0.6 is 0 Å². The largest absolute Gasteiger partial charge is 0.461 e. The molecule has 0 aliphatic heterocycles. The number of halogens is 1. The fourth-order valence-corrected chi connectivity index (χ4v) is 2.80. The Labute approximate surface area is 169 Å². The Bertz CT molecular complexity index is 936. The van der Waals surface area contributed by atoms with E-state index in [0.29, 0.717) is 16.8 Å². The molecule has 4 N–H and O–H groups in total. The maximum Gasteiger partial charge on any atom is 0.307 e. The summed E-state index contributed by atoms with van der Waals surface area (Å²) in [5.74, 6) is -1.59. The van der Waals surface area contributed by atoms with Crippen molar-refractivity contribution in [2.75, 3.05) is 6.54 Å². The van der Waals surface area contributed by atoms with E-state index in [1.165, 1.54) is 19.1 Å². The predicted molar refractivity (Wildman–Crippen MR) is 110 cm³/mol. The van der Waals surface area contributed by atoms with Crippen molar-refractivity contribution in [2.45, 2.75) is 26.9 Å². The van der Waals surface area contributed by atoms with E-state index in [1.54, 1.807) is 6.92 Å². The first-order valence-corrected chi connectivity index (χ1v) is 9.08. The van der Waals surface area contributed by atoms with Crippen LogP contribution in [0.3, 0.4) is 0 Å². The summed E-state index contributed by atoms with van der Waals surface area (Å²) in [5.41, 5.74) is 8.00. The van der Waals surface area contributed by atoms with Gasteiger partial charge in [0.05, 0.1) is 6.42 Å². The Morgan fingerprint density at radius 2 is 1.76 bits per heavy atom. The third-order valence-corrected chi connectivity index (χ3v) is 4.08. The van der Waals surface area contributed by atoms with Crippen LogP contribution in [0.15, 0.2) is 54.2 Å². The van der Waals surface area contributed by atoms with Crippen LogP contribution in [-0.2, 0) is 16.1 Å². The van der Waals surface area contributed by atoms with Crippen molar-refractivity contribution >= 4 is 23.2 Å². The van der Waals surface area contributed by atoms with Gasteiger partial charge in [0, 0.05) is 29.1 Å². The minimum Gasteiger partial charge on any atom is -0.461 e. The normalized spacial score (nSPS) is 11.4. The van der Waals surface area contributed by atoms with E-state index in [2.05, 4.69) is 5.32 Å². The molecule has 0 aliphatic rings. The lowest BCUT2D eigenvalue weighted by Gasteiger charge is -2.11. The van der Waals surface area contributed by atoms with Gasteiger partial charge in [-0.3, -0.25) is 9.59 Å². The molecule has 7 heteroatoms. The molecule has 0 saturated heterocycles. The van der Waals surface area contributed by atoms with Gasteiger partial charge in [-0.2, -0.15) is 0 Å². The van der Waals surface area contributed by atoms with Crippen molar-refractivity contribution in [1.29, 1.82) is 5.41 Å². The van der Waals surface area contributed by atoms with Gasteiger partial charge < -0.3 is 21.2 Å². The number of ether oxygens (including phenoxy) is 1. The van der Waals surface area contributed by atoms with Gasteiger partial charge in [-0.05, 0) is 43.2 Å². The fourth-order valence-electron chi connectivity index (χ4n) is 2.80. The molecule has 0 atom stereocenters. The number of hydrogen-bond acceptors (Lipinski definition) is 5. The summed E-state index contributed by atoms with van der Waals surface area (Å²) in [7, 11) is 0. The zero-order valence-electron chi connectivity index (χ0n) is 16.4. The van der Waals surface area contributed by atoms with Crippen molar-refractivity contribution in [3.8, 4) is 0 Å². The molecule has 2 aromatic rings. The molecular formula is C22H24FN3O3. The lowest BCUT2D eigenvalue weighted by molar-refractivity contribution is -0.144. The Kier molecular flexibility index (Phi) is 7.65. The fraction of sp³-hybridized carbons (Fsp3) is 0.227. The number of esters is 1. The van der Waals surface area contributed by atoms with Gasteiger partial charge in [0.1, 0.15) is 12.4 Å². The summed E-state index contributed by atoms with van der Waals surface area (Å²) in [6.07, 6.45) is -0.00653. The Morgan fingerprint density at radius 1 is 1.10 bits per heavy atom. The second-order valence-corrected chi connectivity index (χ2v) is 6.56. The SMILES string of the molecule is CC(=N)C(=C(C)N)c1cc(F)cc(C(=O)NCCC(=O)OCc2ccccc2)c1. The highest BCUT2D eigenvalue weighted by atomic mass is 19.1. The quantitative estimate of drug-likeness (QED) is 0.469. The summed E-state index contributed by atoms with van der Waals surface area (Å²) in [6, 6.07) is 13.0. The number of amides is 1. The Balaban J connectivity index is 1.94. The van der Waals surface area contributed by atoms with Crippen LogP contribution in [0.5, 0.6) is 0 Å². The number of nitrogens with two attached hydrogens (primary N) is 1. The summed E-state index contributed by atoms with van der Waals surface area (Å²) in [4.78, 5) is 24.1. The molecule has 0 fully saturated rings. The van der Waals surface area contributed by atoms with Gasteiger partial charge in [0.25, 0.3) is 5.91 Å². The van der Waals surface area contributed by atoms with Crippen LogP contribution in [0.25, 0.3) is 5.57 Å². The highest BCUT2D eigenvalue weighted by molar-refractivity contribution is 6.22. The number of allylic oxidation sites excluding steroid dienone is 2. The average Bonchev–Trinajstić information content (AvgIpc) is 2.66. The number of nitrogens with one attached hydrogen (secondary N) is 2. The number of rotatable bonds is 8. The topological polar surface area (TPSA) is 105 Å². The minimum absolute atomic E-state index is 0.00653. The molecule has 29 heavy (non-hydrogen) atoms. The van der Waals surface area contributed by atoms with Gasteiger partial charge >= 0.3 is 5.97 Å². The van der Waals surface area contributed by atoms with E-state index in [4.69, 9.17) is 15.9 Å². The summed E-state index contributed by atoms with van der Waals surface area (Å²) in [5, 5.41) is 10.4. The van der Waals surface area contributed by atoms with E-state index >= 15 is 0 Å². The molecule has 0 heterocycles. The van der Waals surface area contributed by atoms with E-state index in [1.807, 2.05) is 30.3 Å². The molecule has 0 aromatic heterocycles. The van der Waals surface area contributed by atoms with E-state index in [0.717, 1.165) is 11.6 Å². The van der Waals surface area contributed by atoms with Crippen LogP contribution in [0.4, 0.5) is 4.39 Å². The first-order chi connectivity index (χ1) is 13.8. The summed E-state index contributed by atoms with van der Waals surface area (Å²) in [6.45, 7) is 3.37. The smallest absolute Gasteiger partial charge is 0.307 e. The molecule has 0 spiro atoms. The standard InChI is InChI=1S/C22H24FN3O3/c1-14(24)21(15(2)25)17-10-18(12-19(23)11-17)22(28)26-9-8-20(27)29-13-16-6-4-3-5-7-16/h3-7,10-12,24H,8-9,13,25H2,1-2H3,(H,26,28). The van der Waals surface area contributed by atoms with Crippen molar-refractivity contribution < 1.29 is 18.7 Å². The van der Waals surface area contributed by atoms with E-state index < -0.39 is 17.7 Å². The number of hydrogen-bond donors (Lipinski definition) is 3. The molecule has 2 rings (SSSR count). The van der Waals surface area contributed by atoms with Crippen LogP contribution in [0, 0.1) is 11.2 Å². The molecule has 0 unspecified atom stereocenters. The van der Waals surface area contributed by atoms with Gasteiger partial charge in [0.15, 0.2) is 0 Å². The minimum atomic E-state index is -0.616. The van der Waals surface area contributed by atoms with Crippen LogP contribution in [-0.4, -0.2) is 24.1 Å². The van der Waals surface area contributed by atoms with Gasteiger partial charge in [-0.25, -0.2) is 4.39 Å². The molecular weight excluding hydrogens is 373 g/mol. The molecule has 1 amide bonds. The van der Waals surface area contributed by atoms with Gasteiger partial charge in [-0.1, -0.05) is 30.3 Å². The average molecular weight is 397 g/mol. The molecule has 0 aliphatic carbocycles. The van der Waals surface area contributed by atoms with Crippen LogP contribution in [0.1, 0.15) is 41.8 Å². The van der Waals surface area contributed by atoms with Gasteiger partial charge in [-0.15, -0.1) is 0 Å².